The molecule has 6 heteroatoms. The molecule has 2 N–H and O–H groups in total. The molecule has 0 saturated carbocycles. The van der Waals surface area contributed by atoms with Gasteiger partial charge in [-0.25, -0.2) is 4.79 Å². The number of aliphatic hydroxyl groups is 1. The first-order valence-electron chi connectivity index (χ1n) is 2.21. The number of carboxylic acid groups (broad SMARTS) is 1. The smallest absolute Gasteiger partial charge is 0.343 e. The second-order valence-corrected chi connectivity index (χ2v) is 1.49. The zero-order chi connectivity index (χ0) is 8.31. The minimum absolute atomic E-state index is 0.937. The van der Waals surface area contributed by atoms with E-state index in [4.69, 9.17) is 10.2 Å². The van der Waals surface area contributed by atoms with E-state index in [1.807, 2.05) is 0 Å². The lowest BCUT2D eigenvalue weighted by Crippen LogP contribution is -2.25. The second-order valence-electron chi connectivity index (χ2n) is 1.49. The van der Waals surface area contributed by atoms with Crippen LogP contribution in [0.15, 0.2) is 12.3 Å². The first kappa shape index (κ1) is 8.57. The maximum absolute atomic E-state index is 9.83. The number of aliphatic hydroxyl groups excluding tert-OH is 1. The number of hydrogen-bond donors (Lipinski definition) is 2. The standard InChI is InChI=1S/C4H5NO5/c1-2(5(9)10)3(6)4(7)8/h3,6H,1H2,(H,7,8). The van der Waals surface area contributed by atoms with Gasteiger partial charge in [0.2, 0.25) is 6.10 Å². The summed E-state index contributed by atoms with van der Waals surface area (Å²) in [7, 11) is 0. The second kappa shape index (κ2) is 2.92. The van der Waals surface area contributed by atoms with Crippen LogP contribution in [0.5, 0.6) is 0 Å². The lowest BCUT2D eigenvalue weighted by Gasteiger charge is -1.98. The first-order valence-corrected chi connectivity index (χ1v) is 2.21. The van der Waals surface area contributed by atoms with Gasteiger partial charge in [0.15, 0.2) is 0 Å². The first-order chi connectivity index (χ1) is 4.46. The Morgan fingerprint density at radius 1 is 1.70 bits per heavy atom. The predicted molar refractivity (Wildman–Crippen MR) is 29.8 cm³/mol. The zero-order valence-electron chi connectivity index (χ0n) is 4.85. The van der Waals surface area contributed by atoms with Gasteiger partial charge >= 0.3 is 5.97 Å². The number of aliphatic carboxylic acids is 1. The van der Waals surface area contributed by atoms with Crippen molar-refractivity contribution in [3.8, 4) is 0 Å². The molecule has 0 amide bonds. The van der Waals surface area contributed by atoms with Crippen LogP contribution in [0.1, 0.15) is 0 Å². The Morgan fingerprint density at radius 2 is 2.10 bits per heavy atom. The molecule has 10 heavy (non-hydrogen) atoms. The number of hydrogen-bond acceptors (Lipinski definition) is 4. The van der Waals surface area contributed by atoms with Crippen molar-refractivity contribution in [3.63, 3.8) is 0 Å². The van der Waals surface area contributed by atoms with Gasteiger partial charge in [0, 0.05) is 0 Å². The Kier molecular flexibility index (Phi) is 2.51. The lowest BCUT2D eigenvalue weighted by atomic mass is 10.3. The summed E-state index contributed by atoms with van der Waals surface area (Å²) < 4.78 is 0. The van der Waals surface area contributed by atoms with Crippen LogP contribution in [0.25, 0.3) is 0 Å². The molecule has 0 rings (SSSR count). The molecule has 0 aliphatic rings. The van der Waals surface area contributed by atoms with E-state index < -0.39 is 22.7 Å². The molecule has 0 aromatic carbocycles. The number of carbonyl (C=O) groups is 1. The van der Waals surface area contributed by atoms with Crippen molar-refractivity contribution in [1.29, 1.82) is 0 Å². The van der Waals surface area contributed by atoms with E-state index in [0.29, 0.717) is 0 Å². The van der Waals surface area contributed by atoms with Gasteiger partial charge in [-0.2, -0.15) is 0 Å². The van der Waals surface area contributed by atoms with Crippen LogP contribution >= 0.6 is 0 Å². The summed E-state index contributed by atoms with van der Waals surface area (Å²) in [5.74, 6) is -1.68. The molecular weight excluding hydrogens is 142 g/mol. The normalized spacial score (nSPS) is 12.1. The van der Waals surface area contributed by atoms with Crippen molar-refractivity contribution < 1.29 is 19.9 Å². The van der Waals surface area contributed by atoms with E-state index >= 15 is 0 Å². The number of nitro groups is 1. The number of rotatable bonds is 3. The molecule has 0 radical (unpaired) electrons. The Bertz CT molecular complexity index is 186. The molecular formula is C4H5NO5. The quantitative estimate of drug-likeness (QED) is 0.403. The van der Waals surface area contributed by atoms with Crippen molar-refractivity contribution in [2.75, 3.05) is 0 Å². The highest BCUT2D eigenvalue weighted by molar-refractivity contribution is 5.74. The van der Waals surface area contributed by atoms with Crippen molar-refractivity contribution in [3.05, 3.63) is 22.4 Å². The molecule has 56 valence electrons. The van der Waals surface area contributed by atoms with Crippen LogP contribution in [0, 0.1) is 10.1 Å². The summed E-state index contributed by atoms with van der Waals surface area (Å²) in [5, 5.41) is 26.1. The monoisotopic (exact) mass is 147 g/mol. The van der Waals surface area contributed by atoms with Gasteiger partial charge in [-0.1, -0.05) is 0 Å². The summed E-state index contributed by atoms with van der Waals surface area (Å²) in [6.07, 6.45) is -2.12. The van der Waals surface area contributed by atoms with Gasteiger partial charge in [0.1, 0.15) is 0 Å². The summed E-state index contributed by atoms with van der Waals surface area (Å²) in [6.45, 7) is 2.75. The number of nitrogens with zero attached hydrogens (tertiary/aromatic N) is 1. The third-order valence-corrected chi connectivity index (χ3v) is 0.784. The molecule has 1 unspecified atom stereocenters. The highest BCUT2D eigenvalue weighted by atomic mass is 16.6. The maximum atomic E-state index is 9.83. The highest BCUT2D eigenvalue weighted by Crippen LogP contribution is 1.98. The van der Waals surface area contributed by atoms with Crippen molar-refractivity contribution in [2.45, 2.75) is 6.10 Å². The van der Waals surface area contributed by atoms with Crippen LogP contribution in [-0.4, -0.2) is 27.2 Å². The Labute approximate surface area is 55.5 Å². The molecule has 0 heterocycles. The average molecular weight is 147 g/mol. The highest BCUT2D eigenvalue weighted by Gasteiger charge is 2.26. The average Bonchev–Trinajstić information content (AvgIpc) is 1.84. The SMILES string of the molecule is C=C(C(O)C(=O)O)[N+](=O)[O-]. The Hall–Kier alpha value is -1.43. The van der Waals surface area contributed by atoms with Crippen LogP contribution in [0.2, 0.25) is 0 Å². The van der Waals surface area contributed by atoms with Crippen LogP contribution in [0.3, 0.4) is 0 Å². The van der Waals surface area contributed by atoms with Gasteiger partial charge in [-0.15, -0.1) is 0 Å². The van der Waals surface area contributed by atoms with E-state index in [2.05, 4.69) is 6.58 Å². The molecule has 6 nitrogen and oxygen atoms in total. The van der Waals surface area contributed by atoms with Crippen molar-refractivity contribution in [1.82, 2.24) is 0 Å². The molecule has 0 aliphatic heterocycles. The molecule has 0 spiro atoms. The summed E-state index contributed by atoms with van der Waals surface area (Å²) >= 11 is 0. The predicted octanol–water partition coefficient (Wildman–Crippen LogP) is -0.778. The fourth-order valence-electron chi connectivity index (χ4n) is 0.242. The zero-order valence-corrected chi connectivity index (χ0v) is 4.85. The maximum Gasteiger partial charge on any atom is 0.343 e. The lowest BCUT2D eigenvalue weighted by molar-refractivity contribution is -0.433. The largest absolute Gasteiger partial charge is 0.479 e. The fourth-order valence-corrected chi connectivity index (χ4v) is 0.242. The van der Waals surface area contributed by atoms with E-state index in [-0.39, 0.29) is 0 Å². The van der Waals surface area contributed by atoms with Gasteiger partial charge < -0.3 is 10.2 Å². The molecule has 0 fully saturated rings. The van der Waals surface area contributed by atoms with E-state index in [1.165, 1.54) is 0 Å². The van der Waals surface area contributed by atoms with Gasteiger partial charge in [0.25, 0.3) is 5.70 Å². The third kappa shape index (κ3) is 1.82. The van der Waals surface area contributed by atoms with Gasteiger partial charge in [0.05, 0.1) is 4.92 Å². The van der Waals surface area contributed by atoms with E-state index in [0.717, 1.165) is 0 Å². The number of carboxylic acids is 1. The minimum Gasteiger partial charge on any atom is -0.479 e. The van der Waals surface area contributed by atoms with Crippen LogP contribution in [-0.2, 0) is 4.79 Å². The third-order valence-electron chi connectivity index (χ3n) is 0.784. The van der Waals surface area contributed by atoms with Crippen LogP contribution in [0.4, 0.5) is 0 Å². The van der Waals surface area contributed by atoms with Crippen LogP contribution < -0.4 is 0 Å². The Balaban J connectivity index is 4.22. The van der Waals surface area contributed by atoms with Crippen molar-refractivity contribution in [2.24, 2.45) is 0 Å². The summed E-state index contributed by atoms with van der Waals surface area (Å²) in [6, 6.07) is 0. The Morgan fingerprint density at radius 3 is 2.20 bits per heavy atom. The van der Waals surface area contributed by atoms with E-state index in [1.54, 1.807) is 0 Å². The molecule has 0 aliphatic carbocycles. The molecule has 1 atom stereocenters. The molecule has 0 aromatic rings. The minimum atomic E-state index is -2.12. The van der Waals surface area contributed by atoms with Crippen molar-refractivity contribution >= 4 is 5.97 Å². The van der Waals surface area contributed by atoms with E-state index in [9.17, 15) is 14.9 Å². The molecule has 0 bridgehead atoms. The topological polar surface area (TPSA) is 101 Å². The summed E-state index contributed by atoms with van der Waals surface area (Å²) in [4.78, 5) is 18.5. The fraction of sp³-hybridized carbons (Fsp3) is 0.250. The summed E-state index contributed by atoms with van der Waals surface area (Å²) in [5.41, 5.74) is -0.937. The van der Waals surface area contributed by atoms with Gasteiger partial charge in [-0.3, -0.25) is 10.1 Å². The molecule has 0 aromatic heterocycles. The van der Waals surface area contributed by atoms with Gasteiger partial charge in [-0.05, 0) is 6.58 Å². The molecule has 0 saturated heterocycles.